The van der Waals surface area contributed by atoms with E-state index >= 15 is 0 Å². The van der Waals surface area contributed by atoms with Gasteiger partial charge in [-0.1, -0.05) is 34.9 Å². The number of epoxide rings is 1. The van der Waals surface area contributed by atoms with Gasteiger partial charge in [-0.2, -0.15) is 0 Å². The van der Waals surface area contributed by atoms with Crippen molar-refractivity contribution >= 4 is 0 Å². The van der Waals surface area contributed by atoms with Crippen LogP contribution in [0.1, 0.15) is 120 Å². The first kappa shape index (κ1) is 29.3. The van der Waals surface area contributed by atoms with Crippen molar-refractivity contribution < 1.29 is 19.7 Å². The average Bonchev–Trinajstić information content (AvgIpc) is 3.13. The van der Waals surface area contributed by atoms with Crippen molar-refractivity contribution in [3.8, 4) is 0 Å². The highest BCUT2D eigenvalue weighted by molar-refractivity contribution is 5.07. The SMILES string of the molecule is C/C(=C\CC/C=C(\C)CC[C@H](O)[C@@]1(C)CC[C@@H](C(C)(C)O)O1)CC/C=C(\C)CCC1OC1(C)C. The topological polar surface area (TPSA) is 62.2 Å². The quantitative estimate of drug-likeness (QED) is 0.158. The fourth-order valence-corrected chi connectivity index (χ4v) is 4.88. The lowest BCUT2D eigenvalue weighted by Crippen LogP contribution is -2.43. The standard InChI is InChI=1S/C30H52O4/c1-22(14-11-15-24(3)17-19-27-29(6,7)33-27)12-9-10-13-23(2)16-18-25(31)30(8)21-20-26(34-30)28(4,5)32/h12-13,15,25-27,31-32H,9-11,14,16-21H2,1-8H3/b22-12+,23-13+,24-15+/t25-,26-,27?,30+/m0/s1. The van der Waals surface area contributed by atoms with Gasteiger partial charge in [0.05, 0.1) is 35.1 Å². The van der Waals surface area contributed by atoms with Gasteiger partial charge in [0, 0.05) is 0 Å². The molecular weight excluding hydrogens is 424 g/mol. The number of hydrogen-bond donors (Lipinski definition) is 2. The van der Waals surface area contributed by atoms with Gasteiger partial charge in [0.15, 0.2) is 0 Å². The fraction of sp³-hybridized carbons (Fsp3) is 0.800. The first-order valence-corrected chi connectivity index (χ1v) is 13.5. The summed E-state index contributed by atoms with van der Waals surface area (Å²) < 4.78 is 11.7. The molecule has 2 heterocycles. The van der Waals surface area contributed by atoms with Crippen LogP contribution in [0.15, 0.2) is 34.9 Å². The minimum atomic E-state index is -0.864. The van der Waals surface area contributed by atoms with E-state index in [-0.39, 0.29) is 11.7 Å². The average molecular weight is 477 g/mol. The first-order valence-electron chi connectivity index (χ1n) is 13.5. The van der Waals surface area contributed by atoms with Crippen molar-refractivity contribution in [3.05, 3.63) is 34.9 Å². The Morgan fingerprint density at radius 2 is 1.44 bits per heavy atom. The number of rotatable bonds is 14. The molecule has 0 spiro atoms. The highest BCUT2D eigenvalue weighted by atomic mass is 16.6. The zero-order valence-electron chi connectivity index (χ0n) is 23.2. The Hall–Kier alpha value is -0.940. The summed E-state index contributed by atoms with van der Waals surface area (Å²) in [6.45, 7) is 16.5. The summed E-state index contributed by atoms with van der Waals surface area (Å²) >= 11 is 0. The molecule has 2 aliphatic heterocycles. The molecule has 34 heavy (non-hydrogen) atoms. The van der Waals surface area contributed by atoms with E-state index in [0.29, 0.717) is 12.5 Å². The molecule has 1 unspecified atom stereocenters. The van der Waals surface area contributed by atoms with Crippen LogP contribution in [-0.2, 0) is 9.47 Å². The second-order valence-electron chi connectivity index (χ2n) is 12.2. The molecule has 4 heteroatoms. The molecule has 0 bridgehead atoms. The second-order valence-corrected chi connectivity index (χ2v) is 12.2. The molecule has 196 valence electrons. The molecule has 2 saturated heterocycles. The normalized spacial score (nSPS) is 28.9. The Bertz CT molecular complexity index is 739. The van der Waals surface area contributed by atoms with Gasteiger partial charge in [0.1, 0.15) is 0 Å². The maximum Gasteiger partial charge on any atom is 0.0918 e. The van der Waals surface area contributed by atoms with E-state index in [2.05, 4.69) is 52.8 Å². The highest BCUT2D eigenvalue weighted by Crippen LogP contribution is 2.39. The molecule has 2 aliphatic rings. The van der Waals surface area contributed by atoms with Gasteiger partial charge in [0.25, 0.3) is 0 Å². The van der Waals surface area contributed by atoms with Crippen LogP contribution in [0, 0.1) is 0 Å². The van der Waals surface area contributed by atoms with E-state index in [0.717, 1.165) is 57.8 Å². The second kappa shape index (κ2) is 12.3. The molecule has 0 amide bonds. The molecule has 2 N–H and O–H groups in total. The molecule has 0 saturated carbocycles. The third kappa shape index (κ3) is 9.60. The van der Waals surface area contributed by atoms with E-state index in [1.165, 1.54) is 16.7 Å². The first-order chi connectivity index (χ1) is 15.7. The number of ether oxygens (including phenoxy) is 2. The van der Waals surface area contributed by atoms with Crippen molar-refractivity contribution in [1.29, 1.82) is 0 Å². The molecular formula is C30H52O4. The summed E-state index contributed by atoms with van der Waals surface area (Å²) in [5, 5.41) is 20.9. The summed E-state index contributed by atoms with van der Waals surface area (Å²) in [4.78, 5) is 0. The van der Waals surface area contributed by atoms with Crippen LogP contribution in [0.25, 0.3) is 0 Å². The van der Waals surface area contributed by atoms with Gasteiger partial charge >= 0.3 is 0 Å². The molecule has 0 aromatic heterocycles. The number of allylic oxidation sites excluding steroid dienone is 6. The number of hydrogen-bond acceptors (Lipinski definition) is 4. The van der Waals surface area contributed by atoms with Crippen molar-refractivity contribution in [2.45, 2.75) is 155 Å². The Morgan fingerprint density at radius 3 is 1.97 bits per heavy atom. The summed E-state index contributed by atoms with van der Waals surface area (Å²) in [6, 6.07) is 0. The van der Waals surface area contributed by atoms with Gasteiger partial charge in [0.2, 0.25) is 0 Å². The minimum Gasteiger partial charge on any atom is -0.390 e. The van der Waals surface area contributed by atoms with Crippen LogP contribution in [0.4, 0.5) is 0 Å². The van der Waals surface area contributed by atoms with Gasteiger partial charge in [-0.05, 0) is 120 Å². The molecule has 4 atom stereocenters. The van der Waals surface area contributed by atoms with Crippen LogP contribution < -0.4 is 0 Å². The van der Waals surface area contributed by atoms with E-state index in [4.69, 9.17) is 9.47 Å². The minimum absolute atomic E-state index is 0.107. The van der Waals surface area contributed by atoms with Crippen molar-refractivity contribution in [3.63, 3.8) is 0 Å². The van der Waals surface area contributed by atoms with E-state index in [1.54, 1.807) is 13.8 Å². The van der Waals surface area contributed by atoms with Crippen LogP contribution in [-0.4, -0.2) is 45.3 Å². The number of unbranched alkanes of at least 4 members (excludes halogenated alkanes) is 1. The van der Waals surface area contributed by atoms with Crippen LogP contribution >= 0.6 is 0 Å². The summed E-state index contributed by atoms with van der Waals surface area (Å²) in [6.07, 6.45) is 16.6. The van der Waals surface area contributed by atoms with Crippen LogP contribution in [0.5, 0.6) is 0 Å². The summed E-state index contributed by atoms with van der Waals surface area (Å²) in [5.41, 5.74) is 2.96. The molecule has 4 nitrogen and oxygen atoms in total. The molecule has 2 fully saturated rings. The van der Waals surface area contributed by atoms with Crippen LogP contribution in [0.2, 0.25) is 0 Å². The monoisotopic (exact) mass is 476 g/mol. The maximum absolute atomic E-state index is 10.7. The fourth-order valence-electron chi connectivity index (χ4n) is 4.88. The lowest BCUT2D eigenvalue weighted by Gasteiger charge is -2.33. The third-order valence-corrected chi connectivity index (χ3v) is 7.77. The van der Waals surface area contributed by atoms with Crippen molar-refractivity contribution in [2.24, 2.45) is 0 Å². The zero-order chi connectivity index (χ0) is 25.6. The Morgan fingerprint density at radius 1 is 0.912 bits per heavy atom. The molecule has 0 radical (unpaired) electrons. The Kier molecular flexibility index (Phi) is 10.6. The highest BCUT2D eigenvalue weighted by Gasteiger charge is 2.47. The van der Waals surface area contributed by atoms with Crippen LogP contribution in [0.3, 0.4) is 0 Å². The predicted molar refractivity (Wildman–Crippen MR) is 142 cm³/mol. The largest absolute Gasteiger partial charge is 0.390 e. The van der Waals surface area contributed by atoms with E-state index in [9.17, 15) is 10.2 Å². The lowest BCUT2D eigenvalue weighted by molar-refractivity contribution is -0.153. The smallest absolute Gasteiger partial charge is 0.0918 e. The van der Waals surface area contributed by atoms with E-state index in [1.807, 2.05) is 6.92 Å². The Labute approximate surface area is 209 Å². The number of aliphatic hydroxyl groups is 2. The maximum atomic E-state index is 10.7. The summed E-state index contributed by atoms with van der Waals surface area (Å²) in [5.74, 6) is 0. The van der Waals surface area contributed by atoms with Crippen molar-refractivity contribution in [2.75, 3.05) is 0 Å². The third-order valence-electron chi connectivity index (χ3n) is 7.77. The molecule has 0 aromatic rings. The summed E-state index contributed by atoms with van der Waals surface area (Å²) in [7, 11) is 0. The van der Waals surface area contributed by atoms with Gasteiger partial charge in [-0.3, -0.25) is 0 Å². The van der Waals surface area contributed by atoms with Crippen molar-refractivity contribution in [1.82, 2.24) is 0 Å². The molecule has 2 rings (SSSR count). The molecule has 0 aliphatic carbocycles. The lowest BCUT2D eigenvalue weighted by atomic mass is 9.90. The predicted octanol–water partition coefficient (Wildman–Crippen LogP) is 7.19. The zero-order valence-corrected chi connectivity index (χ0v) is 23.2. The number of aliphatic hydroxyl groups excluding tert-OH is 1. The van der Waals surface area contributed by atoms with Gasteiger partial charge in [-0.25, -0.2) is 0 Å². The Balaban J connectivity index is 1.61. The van der Waals surface area contributed by atoms with Gasteiger partial charge in [-0.15, -0.1) is 0 Å². The van der Waals surface area contributed by atoms with E-state index < -0.39 is 17.3 Å². The van der Waals surface area contributed by atoms with Gasteiger partial charge < -0.3 is 19.7 Å². The molecule has 0 aromatic carbocycles.